The van der Waals surface area contributed by atoms with Gasteiger partial charge in [-0.1, -0.05) is 19.9 Å². The zero-order valence-electron chi connectivity index (χ0n) is 20.6. The number of aryl methyl sites for hydroxylation is 1. The summed E-state index contributed by atoms with van der Waals surface area (Å²) in [4.78, 5) is 26.6. The molecule has 33 heavy (non-hydrogen) atoms. The molecule has 5 heteroatoms. The van der Waals surface area contributed by atoms with Gasteiger partial charge in [-0.3, -0.25) is 4.79 Å². The van der Waals surface area contributed by atoms with Gasteiger partial charge in [-0.25, -0.2) is 4.58 Å². The van der Waals surface area contributed by atoms with Crippen LogP contribution in [0.3, 0.4) is 0 Å². The largest absolute Gasteiger partial charge is 0.378 e. The zero-order valence-corrected chi connectivity index (χ0v) is 20.6. The molecule has 4 rings (SSSR count). The summed E-state index contributed by atoms with van der Waals surface area (Å²) in [5.74, 6) is 0.0359. The maximum absolute atomic E-state index is 12.2. The fourth-order valence-corrected chi connectivity index (χ4v) is 5.25. The van der Waals surface area contributed by atoms with Crippen molar-refractivity contribution >= 4 is 24.0 Å². The van der Waals surface area contributed by atoms with Gasteiger partial charge in [0.05, 0.1) is 6.54 Å². The minimum atomic E-state index is -0.0862. The second-order valence-electron chi connectivity index (χ2n) is 10.1. The number of amides is 1. The molecule has 0 bridgehead atoms. The predicted octanol–water partition coefficient (Wildman–Crippen LogP) is 2.10. The lowest BCUT2D eigenvalue weighted by Gasteiger charge is -2.33. The fraction of sp³-hybridized carbons (Fsp3) is 0.464. The smallest absolute Gasteiger partial charge is 0.222 e. The molecule has 2 aromatic rings. The fourth-order valence-electron chi connectivity index (χ4n) is 5.25. The first-order chi connectivity index (χ1) is 15.7. The molecule has 1 aliphatic heterocycles. The Morgan fingerprint density at radius 2 is 1.91 bits per heavy atom. The van der Waals surface area contributed by atoms with E-state index in [9.17, 15) is 9.59 Å². The molecule has 0 fully saturated rings. The van der Waals surface area contributed by atoms with Gasteiger partial charge in [-0.2, -0.15) is 0 Å². The highest BCUT2D eigenvalue weighted by Gasteiger charge is 2.32. The van der Waals surface area contributed by atoms with E-state index in [1.165, 1.54) is 43.4 Å². The van der Waals surface area contributed by atoms with E-state index >= 15 is 0 Å². The first-order valence-corrected chi connectivity index (χ1v) is 12.0. The maximum Gasteiger partial charge on any atom is 0.222 e. The van der Waals surface area contributed by atoms with Gasteiger partial charge in [-0.05, 0) is 52.6 Å². The Hall–Kier alpha value is -2.95. The number of fused-ring (bicyclic) bond motifs is 3. The van der Waals surface area contributed by atoms with Gasteiger partial charge in [0, 0.05) is 63.1 Å². The number of carbonyl (C=O) groups excluding carboxylic acids is 2. The molecule has 0 aromatic heterocycles. The van der Waals surface area contributed by atoms with Crippen molar-refractivity contribution in [3.8, 4) is 0 Å². The summed E-state index contributed by atoms with van der Waals surface area (Å²) in [5, 5.41) is 2.65. The van der Waals surface area contributed by atoms with Gasteiger partial charge >= 0.3 is 0 Å². The highest BCUT2D eigenvalue weighted by Crippen LogP contribution is 2.36. The van der Waals surface area contributed by atoms with Crippen LogP contribution in [0, 0.1) is 0 Å². The summed E-state index contributed by atoms with van der Waals surface area (Å²) >= 11 is 0. The topological polar surface area (TPSA) is 43.6 Å². The Bertz CT molecular complexity index is 1210. The molecule has 2 aliphatic rings. The lowest BCUT2D eigenvalue weighted by molar-refractivity contribution is -0.131. The average molecular weight is 447 g/mol. The first-order valence-electron chi connectivity index (χ1n) is 12.0. The van der Waals surface area contributed by atoms with Crippen LogP contribution in [0.4, 0.5) is 5.69 Å². The molecule has 0 saturated carbocycles. The van der Waals surface area contributed by atoms with Gasteiger partial charge in [0.2, 0.25) is 11.3 Å². The SMILES string of the molecule is CN(CC=O)C(=O)CCC[N+]1=c2cc3c(cc2CCC1)=Cc1ccc(N(C)C)cc1C3(C)C. The van der Waals surface area contributed by atoms with Gasteiger partial charge in [-0.15, -0.1) is 0 Å². The highest BCUT2D eigenvalue weighted by molar-refractivity contribution is 5.78. The van der Waals surface area contributed by atoms with Crippen molar-refractivity contribution in [3.05, 3.63) is 63.2 Å². The number of carbonyl (C=O) groups is 2. The van der Waals surface area contributed by atoms with Crippen molar-refractivity contribution in [2.24, 2.45) is 0 Å². The van der Waals surface area contributed by atoms with E-state index in [1.54, 1.807) is 7.05 Å². The van der Waals surface area contributed by atoms with Crippen molar-refractivity contribution in [2.75, 3.05) is 45.7 Å². The molecule has 2 aromatic carbocycles. The van der Waals surface area contributed by atoms with Crippen LogP contribution in [0.25, 0.3) is 6.08 Å². The molecule has 1 heterocycles. The minimum absolute atomic E-state index is 0.0359. The Labute approximate surface area is 197 Å². The highest BCUT2D eigenvalue weighted by atomic mass is 16.2. The molecule has 0 N–H and O–H groups in total. The van der Waals surface area contributed by atoms with Gasteiger partial charge < -0.3 is 14.6 Å². The molecule has 0 saturated heterocycles. The number of likely N-dealkylation sites (N-methyl/N-ethyl adjacent to an activating group) is 1. The summed E-state index contributed by atoms with van der Waals surface area (Å²) in [6, 6.07) is 11.6. The number of aldehydes is 1. The average Bonchev–Trinajstić information content (AvgIpc) is 2.78. The van der Waals surface area contributed by atoms with Crippen LogP contribution in [0.5, 0.6) is 0 Å². The van der Waals surface area contributed by atoms with E-state index in [-0.39, 0.29) is 17.9 Å². The molecule has 0 unspecified atom stereocenters. The van der Waals surface area contributed by atoms with Crippen LogP contribution in [0.15, 0.2) is 30.3 Å². The first kappa shape index (κ1) is 23.2. The summed E-state index contributed by atoms with van der Waals surface area (Å²) in [7, 11) is 5.87. The summed E-state index contributed by atoms with van der Waals surface area (Å²) in [5.41, 5.74) is 6.60. The number of rotatable bonds is 7. The van der Waals surface area contributed by atoms with Gasteiger partial charge in [0.15, 0.2) is 0 Å². The van der Waals surface area contributed by atoms with Crippen LogP contribution >= 0.6 is 0 Å². The van der Waals surface area contributed by atoms with Crippen LogP contribution in [0.1, 0.15) is 55.4 Å². The van der Waals surface area contributed by atoms with E-state index < -0.39 is 0 Å². The molecule has 5 nitrogen and oxygen atoms in total. The summed E-state index contributed by atoms with van der Waals surface area (Å²) in [6.07, 6.45) is 6.62. The van der Waals surface area contributed by atoms with Crippen molar-refractivity contribution in [1.29, 1.82) is 0 Å². The van der Waals surface area contributed by atoms with Crippen molar-refractivity contribution < 1.29 is 9.59 Å². The molecular weight excluding hydrogens is 410 g/mol. The number of anilines is 1. The van der Waals surface area contributed by atoms with Gasteiger partial charge in [0.1, 0.15) is 19.4 Å². The third-order valence-electron chi connectivity index (χ3n) is 7.27. The van der Waals surface area contributed by atoms with Crippen molar-refractivity contribution in [1.82, 2.24) is 9.48 Å². The lowest BCUT2D eigenvalue weighted by Crippen LogP contribution is -2.42. The van der Waals surface area contributed by atoms with Crippen molar-refractivity contribution in [3.63, 3.8) is 0 Å². The van der Waals surface area contributed by atoms with Gasteiger partial charge in [0.25, 0.3) is 0 Å². The van der Waals surface area contributed by atoms with Crippen LogP contribution in [0.2, 0.25) is 0 Å². The third-order valence-corrected chi connectivity index (χ3v) is 7.27. The second-order valence-corrected chi connectivity index (χ2v) is 10.1. The number of benzene rings is 2. The molecule has 0 spiro atoms. The maximum atomic E-state index is 12.2. The van der Waals surface area contributed by atoms with E-state index in [4.69, 9.17) is 0 Å². The summed E-state index contributed by atoms with van der Waals surface area (Å²) < 4.78 is 2.45. The third kappa shape index (κ3) is 4.46. The van der Waals surface area contributed by atoms with E-state index in [0.29, 0.717) is 6.42 Å². The van der Waals surface area contributed by atoms with E-state index in [1.807, 2.05) is 0 Å². The van der Waals surface area contributed by atoms with E-state index in [2.05, 4.69) is 73.8 Å². The molecule has 0 atom stereocenters. The number of hydrogen-bond donors (Lipinski definition) is 0. The minimum Gasteiger partial charge on any atom is -0.378 e. The van der Waals surface area contributed by atoms with Crippen LogP contribution in [-0.4, -0.2) is 57.9 Å². The number of nitrogens with zero attached hydrogens (tertiary/aromatic N) is 3. The molecule has 1 aliphatic carbocycles. The molecule has 1 amide bonds. The normalized spacial score (nSPS) is 15.6. The van der Waals surface area contributed by atoms with Crippen LogP contribution in [-0.2, 0) is 21.4 Å². The second kappa shape index (κ2) is 9.12. The molecular formula is C28H36N3O2+. The molecule has 174 valence electrons. The Balaban J connectivity index is 1.70. The molecule has 0 radical (unpaired) electrons. The lowest BCUT2D eigenvalue weighted by atomic mass is 9.71. The Morgan fingerprint density at radius 1 is 1.12 bits per heavy atom. The quantitative estimate of drug-likeness (QED) is 0.483. The standard InChI is InChI=1S/C28H36N3O2/c1-28(2)24-18-23(29(3)4)11-10-20(24)16-22-17-21-8-6-12-31(26(21)19-25(22)28)13-7-9-27(33)30(5)14-15-32/h10-11,15-19H,6-9,12-14H2,1-5H3/q+1. The van der Waals surface area contributed by atoms with E-state index in [0.717, 1.165) is 38.6 Å². The monoisotopic (exact) mass is 446 g/mol. The van der Waals surface area contributed by atoms with Crippen LogP contribution < -0.4 is 20.1 Å². The Morgan fingerprint density at radius 3 is 2.64 bits per heavy atom. The number of hydrogen-bond acceptors (Lipinski definition) is 3. The predicted molar refractivity (Wildman–Crippen MR) is 134 cm³/mol. The zero-order chi connectivity index (χ0) is 23.8. The Kier molecular flexibility index (Phi) is 6.42. The van der Waals surface area contributed by atoms with Crippen molar-refractivity contribution in [2.45, 2.75) is 44.9 Å². The summed E-state index contributed by atoms with van der Waals surface area (Å²) in [6.45, 7) is 6.71.